The molecule has 1 saturated carbocycles. The van der Waals surface area contributed by atoms with Crippen molar-refractivity contribution in [1.29, 1.82) is 0 Å². The van der Waals surface area contributed by atoms with Gasteiger partial charge in [0.1, 0.15) is 0 Å². The lowest BCUT2D eigenvalue weighted by molar-refractivity contribution is 0.102. The minimum absolute atomic E-state index is 0.226. The summed E-state index contributed by atoms with van der Waals surface area (Å²) in [5, 5.41) is 16.4. The zero-order chi connectivity index (χ0) is 20.0. The lowest BCUT2D eigenvalue weighted by atomic mass is 10.1. The maximum Gasteiger partial charge on any atom is 0.257 e. The molecule has 1 aliphatic carbocycles. The molecule has 144 valence electrons. The van der Waals surface area contributed by atoms with Crippen molar-refractivity contribution in [1.82, 2.24) is 25.2 Å². The van der Waals surface area contributed by atoms with E-state index in [9.17, 15) is 4.79 Å². The summed E-state index contributed by atoms with van der Waals surface area (Å²) in [6, 6.07) is 15.2. The number of tetrazole rings is 1. The molecule has 1 N–H and O–H groups in total. The standard InChI is InChI=1S/C21H17ClN6O/c1-12-18(11-14-9-15(22)5-8-19(14)23-12)21(29)24-16-4-2-3-13(10-16)20-25-26-27-28(20)17-6-7-17/h2-5,8-11,17H,6-7H2,1H3,(H,24,29). The van der Waals surface area contributed by atoms with Gasteiger partial charge >= 0.3 is 0 Å². The van der Waals surface area contributed by atoms with Gasteiger partial charge in [-0.3, -0.25) is 9.78 Å². The third-order valence-corrected chi connectivity index (χ3v) is 5.21. The first-order valence-electron chi connectivity index (χ1n) is 9.35. The second-order valence-corrected chi connectivity index (χ2v) is 7.61. The lowest BCUT2D eigenvalue weighted by Gasteiger charge is -2.10. The van der Waals surface area contributed by atoms with Crippen molar-refractivity contribution in [2.45, 2.75) is 25.8 Å². The molecule has 5 rings (SSSR count). The second kappa shape index (κ2) is 6.93. The van der Waals surface area contributed by atoms with Crippen LogP contribution in [-0.2, 0) is 0 Å². The van der Waals surface area contributed by atoms with Crippen LogP contribution in [0.4, 0.5) is 5.69 Å². The van der Waals surface area contributed by atoms with Crippen molar-refractivity contribution in [2.24, 2.45) is 0 Å². The third-order valence-electron chi connectivity index (χ3n) is 4.98. The fourth-order valence-corrected chi connectivity index (χ4v) is 3.54. The largest absolute Gasteiger partial charge is 0.322 e. The van der Waals surface area contributed by atoms with Gasteiger partial charge in [-0.25, -0.2) is 4.68 Å². The van der Waals surface area contributed by atoms with Gasteiger partial charge in [0.05, 0.1) is 22.8 Å². The fourth-order valence-electron chi connectivity index (χ4n) is 3.36. The molecule has 0 aliphatic heterocycles. The molecule has 0 saturated heterocycles. The van der Waals surface area contributed by atoms with Crippen molar-refractivity contribution in [3.63, 3.8) is 0 Å². The van der Waals surface area contributed by atoms with Gasteiger partial charge in [0, 0.05) is 21.7 Å². The van der Waals surface area contributed by atoms with Gasteiger partial charge in [-0.15, -0.1) is 5.10 Å². The predicted octanol–water partition coefficient (Wildman–Crippen LogP) is 4.44. The Labute approximate surface area is 171 Å². The molecule has 0 atom stereocenters. The number of carbonyl (C=O) groups is 1. The predicted molar refractivity (Wildman–Crippen MR) is 111 cm³/mol. The molecular weight excluding hydrogens is 388 g/mol. The summed E-state index contributed by atoms with van der Waals surface area (Å²) < 4.78 is 1.85. The number of nitrogens with one attached hydrogen (secondary N) is 1. The molecule has 0 spiro atoms. The number of aromatic nitrogens is 5. The number of fused-ring (bicyclic) bond motifs is 1. The molecule has 8 heteroatoms. The van der Waals surface area contributed by atoms with Crippen LogP contribution in [0.2, 0.25) is 5.02 Å². The van der Waals surface area contributed by atoms with Crippen molar-refractivity contribution in [3.05, 3.63) is 64.8 Å². The van der Waals surface area contributed by atoms with Gasteiger partial charge in [-0.05, 0) is 66.6 Å². The number of nitrogens with zero attached hydrogens (tertiary/aromatic N) is 5. The first-order valence-corrected chi connectivity index (χ1v) is 9.73. The summed E-state index contributed by atoms with van der Waals surface area (Å²) in [5.41, 5.74) is 3.50. The van der Waals surface area contributed by atoms with Crippen molar-refractivity contribution < 1.29 is 4.79 Å². The Bertz CT molecular complexity index is 1250. The van der Waals surface area contributed by atoms with Crippen LogP contribution in [0, 0.1) is 6.92 Å². The highest BCUT2D eigenvalue weighted by Crippen LogP contribution is 2.36. The minimum Gasteiger partial charge on any atom is -0.322 e. The molecule has 1 amide bonds. The summed E-state index contributed by atoms with van der Waals surface area (Å²) in [4.78, 5) is 17.4. The SMILES string of the molecule is Cc1nc2ccc(Cl)cc2cc1C(=O)Nc1cccc(-c2nnnn2C2CC2)c1. The first-order chi connectivity index (χ1) is 14.1. The number of hydrogen-bond donors (Lipinski definition) is 1. The molecule has 2 heterocycles. The van der Waals surface area contributed by atoms with E-state index in [0.717, 1.165) is 29.3 Å². The van der Waals surface area contributed by atoms with Crippen LogP contribution < -0.4 is 5.32 Å². The van der Waals surface area contributed by atoms with Crippen LogP contribution in [0.1, 0.15) is 34.9 Å². The van der Waals surface area contributed by atoms with Crippen LogP contribution >= 0.6 is 11.6 Å². The number of amides is 1. The number of hydrogen-bond acceptors (Lipinski definition) is 5. The molecule has 29 heavy (non-hydrogen) atoms. The molecule has 1 fully saturated rings. The average Bonchev–Trinajstić information content (AvgIpc) is 3.44. The first kappa shape index (κ1) is 17.8. The molecule has 2 aromatic heterocycles. The summed E-state index contributed by atoms with van der Waals surface area (Å²) in [5.74, 6) is 0.484. The monoisotopic (exact) mass is 404 g/mol. The Morgan fingerprint density at radius 3 is 2.86 bits per heavy atom. The summed E-state index contributed by atoms with van der Waals surface area (Å²) >= 11 is 6.08. The Kier molecular flexibility index (Phi) is 4.24. The number of halogens is 1. The Morgan fingerprint density at radius 2 is 2.03 bits per heavy atom. The van der Waals surface area contributed by atoms with Gasteiger partial charge in [0.25, 0.3) is 5.91 Å². The van der Waals surface area contributed by atoms with E-state index < -0.39 is 0 Å². The fraction of sp³-hybridized carbons (Fsp3) is 0.190. The summed E-state index contributed by atoms with van der Waals surface area (Å²) in [6.07, 6.45) is 2.18. The van der Waals surface area contributed by atoms with Crippen LogP contribution in [0.3, 0.4) is 0 Å². The van der Waals surface area contributed by atoms with Crippen LogP contribution in [0.5, 0.6) is 0 Å². The second-order valence-electron chi connectivity index (χ2n) is 7.17. The van der Waals surface area contributed by atoms with Crippen LogP contribution in [0.15, 0.2) is 48.5 Å². The van der Waals surface area contributed by atoms with Gasteiger partial charge in [-0.2, -0.15) is 0 Å². The Balaban J connectivity index is 1.44. The number of carbonyl (C=O) groups excluding carboxylic acids is 1. The van der Waals surface area contributed by atoms with Gasteiger partial charge in [0.2, 0.25) is 0 Å². The zero-order valence-corrected chi connectivity index (χ0v) is 16.4. The van der Waals surface area contributed by atoms with Crippen LogP contribution in [-0.4, -0.2) is 31.1 Å². The lowest BCUT2D eigenvalue weighted by Crippen LogP contribution is -2.14. The Morgan fingerprint density at radius 1 is 1.17 bits per heavy atom. The van der Waals surface area contributed by atoms with Gasteiger partial charge < -0.3 is 5.32 Å². The molecule has 0 radical (unpaired) electrons. The van der Waals surface area contributed by atoms with Gasteiger partial charge in [0.15, 0.2) is 5.82 Å². The molecule has 2 aromatic carbocycles. The van der Waals surface area contributed by atoms with Crippen molar-refractivity contribution >= 4 is 34.1 Å². The highest BCUT2D eigenvalue weighted by atomic mass is 35.5. The Hall–Kier alpha value is -3.32. The number of benzene rings is 2. The van der Waals surface area contributed by atoms with E-state index in [2.05, 4.69) is 25.8 Å². The number of rotatable bonds is 4. The molecule has 0 unspecified atom stereocenters. The van der Waals surface area contributed by atoms with Crippen molar-refractivity contribution in [3.8, 4) is 11.4 Å². The van der Waals surface area contributed by atoms with Gasteiger partial charge in [-0.1, -0.05) is 23.7 Å². The molecule has 0 bridgehead atoms. The van der Waals surface area contributed by atoms with E-state index in [-0.39, 0.29) is 5.91 Å². The molecular formula is C21H17ClN6O. The van der Waals surface area contributed by atoms with E-state index in [1.54, 1.807) is 12.1 Å². The van der Waals surface area contributed by atoms with E-state index >= 15 is 0 Å². The summed E-state index contributed by atoms with van der Waals surface area (Å²) in [7, 11) is 0. The average molecular weight is 405 g/mol. The molecule has 7 nitrogen and oxygen atoms in total. The topological polar surface area (TPSA) is 85.6 Å². The zero-order valence-electron chi connectivity index (χ0n) is 15.6. The quantitative estimate of drug-likeness (QED) is 0.543. The number of anilines is 1. The number of pyridine rings is 1. The maximum atomic E-state index is 12.9. The highest BCUT2D eigenvalue weighted by Gasteiger charge is 2.28. The van der Waals surface area contributed by atoms with E-state index in [4.69, 9.17) is 11.6 Å². The smallest absolute Gasteiger partial charge is 0.257 e. The molecule has 4 aromatic rings. The van der Waals surface area contributed by atoms with Crippen molar-refractivity contribution in [2.75, 3.05) is 5.32 Å². The minimum atomic E-state index is -0.226. The summed E-state index contributed by atoms with van der Waals surface area (Å²) in [6.45, 7) is 1.82. The van der Waals surface area contributed by atoms with E-state index in [1.165, 1.54) is 0 Å². The van der Waals surface area contributed by atoms with Crippen LogP contribution in [0.25, 0.3) is 22.3 Å². The normalized spacial score (nSPS) is 13.6. The van der Waals surface area contributed by atoms with E-state index in [0.29, 0.717) is 33.8 Å². The maximum absolute atomic E-state index is 12.9. The molecule has 1 aliphatic rings. The third kappa shape index (κ3) is 3.45. The number of aryl methyl sites for hydroxylation is 1. The van der Waals surface area contributed by atoms with E-state index in [1.807, 2.05) is 48.0 Å². The highest BCUT2D eigenvalue weighted by molar-refractivity contribution is 6.31.